The van der Waals surface area contributed by atoms with Gasteiger partial charge in [-0.05, 0) is 12.1 Å². The monoisotopic (exact) mass is 145 g/mol. The molecule has 1 aromatic rings. The Morgan fingerprint density at radius 2 is 1.44 bits per heavy atom. The van der Waals surface area contributed by atoms with E-state index in [1.807, 2.05) is 24.3 Å². The molecule has 0 spiro atoms. The normalized spacial score (nSPS) is 9.33. The minimum Gasteiger partial charge on any atom is -0.450 e. The average molecular weight is 146 g/mol. The summed E-state index contributed by atoms with van der Waals surface area (Å²) in [7, 11) is 0. The van der Waals surface area contributed by atoms with Crippen molar-refractivity contribution in [3.63, 3.8) is 0 Å². The van der Waals surface area contributed by atoms with E-state index < -0.39 is 0 Å². The maximum atomic E-state index is 4.94. The van der Waals surface area contributed by atoms with Crippen LogP contribution in [0, 0.1) is 0 Å². The molecule has 2 nitrogen and oxygen atoms in total. The van der Waals surface area contributed by atoms with Gasteiger partial charge in [-0.3, -0.25) is 0 Å². The van der Waals surface area contributed by atoms with Crippen LogP contribution in [0.1, 0.15) is 0 Å². The molecule has 0 atom stereocenters. The maximum absolute atomic E-state index is 4.94. The Bertz CT molecular complexity index is 181. The van der Waals surface area contributed by atoms with Gasteiger partial charge in [0.1, 0.15) is 0 Å². The molecule has 1 heterocycles. The zero-order valence-corrected chi connectivity index (χ0v) is 5.65. The highest BCUT2D eigenvalue weighted by atomic mass is 35.5. The zero-order chi connectivity index (χ0) is 4.69. The highest BCUT2D eigenvalue weighted by Gasteiger charge is 2.15. The van der Waals surface area contributed by atoms with Crippen LogP contribution in [0.4, 0.5) is 0 Å². The number of fused-ring (bicyclic) bond motifs is 1. The van der Waals surface area contributed by atoms with E-state index in [4.69, 9.17) is 4.74 Å². The van der Waals surface area contributed by atoms with Crippen LogP contribution in [0.3, 0.4) is 0 Å². The molecule has 50 valence electrons. The van der Waals surface area contributed by atoms with E-state index in [2.05, 4.69) is 0 Å². The number of hydrogen-bond donors (Lipinski definition) is 1. The van der Waals surface area contributed by atoms with Crippen LogP contribution in [0.2, 0.25) is 0 Å². The third-order valence-corrected chi connectivity index (χ3v) is 1.03. The van der Waals surface area contributed by atoms with E-state index >= 15 is 0 Å². The van der Waals surface area contributed by atoms with Gasteiger partial charge < -0.3 is 10.9 Å². The standard InChI is InChI=1S/C6H4O.ClH.H3N/c1-2-4-6-5(3-1)7-6;;/h1-4H;1H;1H3. The summed E-state index contributed by atoms with van der Waals surface area (Å²) in [5, 5.41) is 0. The second-order valence-electron chi connectivity index (χ2n) is 1.55. The largest absolute Gasteiger partial charge is 0.450 e. The fraction of sp³-hybridized carbons (Fsp3) is 0. The smallest absolute Gasteiger partial charge is 0.170 e. The molecule has 0 saturated carbocycles. The van der Waals surface area contributed by atoms with Crippen molar-refractivity contribution in [1.82, 2.24) is 6.15 Å². The summed E-state index contributed by atoms with van der Waals surface area (Å²) in [4.78, 5) is 0. The lowest BCUT2D eigenvalue weighted by Gasteiger charge is -1.61. The van der Waals surface area contributed by atoms with Gasteiger partial charge in [0, 0.05) is 0 Å². The second kappa shape index (κ2) is 2.71. The molecule has 3 N–H and O–H groups in total. The number of hydrogen-bond acceptors (Lipinski definition) is 2. The quantitative estimate of drug-likeness (QED) is 0.579. The lowest BCUT2D eigenvalue weighted by Crippen LogP contribution is -1.37. The summed E-state index contributed by atoms with van der Waals surface area (Å²) in [5.41, 5.74) is 0. The third-order valence-electron chi connectivity index (χ3n) is 1.03. The van der Waals surface area contributed by atoms with Crippen molar-refractivity contribution in [3.05, 3.63) is 24.3 Å². The number of rotatable bonds is 0. The van der Waals surface area contributed by atoms with E-state index in [0.717, 1.165) is 11.5 Å². The topological polar surface area (TPSA) is 47.5 Å². The lowest BCUT2D eigenvalue weighted by molar-refractivity contribution is 0.650. The van der Waals surface area contributed by atoms with Gasteiger partial charge in [0.25, 0.3) is 0 Å². The predicted octanol–water partition coefficient (Wildman–Crippen LogP) is 2.38. The van der Waals surface area contributed by atoms with Crippen molar-refractivity contribution in [1.29, 1.82) is 0 Å². The van der Waals surface area contributed by atoms with Gasteiger partial charge in [0.2, 0.25) is 0 Å². The van der Waals surface area contributed by atoms with Crippen molar-refractivity contribution in [3.8, 4) is 11.5 Å². The molecule has 0 radical (unpaired) electrons. The maximum Gasteiger partial charge on any atom is 0.170 e. The van der Waals surface area contributed by atoms with E-state index in [-0.39, 0.29) is 18.6 Å². The minimum absolute atomic E-state index is 0. The van der Waals surface area contributed by atoms with Crippen LogP contribution in [-0.2, 0) is 0 Å². The van der Waals surface area contributed by atoms with Crippen LogP contribution >= 0.6 is 12.4 Å². The van der Waals surface area contributed by atoms with Crippen molar-refractivity contribution in [2.24, 2.45) is 0 Å². The third kappa shape index (κ3) is 1.34. The molecule has 1 aliphatic rings. The summed E-state index contributed by atoms with van der Waals surface area (Å²) in [6, 6.07) is 7.84. The Morgan fingerprint density at radius 1 is 1.00 bits per heavy atom. The molecule has 0 aromatic heterocycles. The molecule has 0 fully saturated rings. The lowest BCUT2D eigenvalue weighted by atomic mass is 10.4. The second-order valence-corrected chi connectivity index (χ2v) is 1.55. The molecule has 0 amide bonds. The molecular formula is C6H8ClNO. The molecule has 0 unspecified atom stereocenters. The van der Waals surface area contributed by atoms with E-state index in [1.54, 1.807) is 0 Å². The number of benzene rings is 1. The summed E-state index contributed by atoms with van der Waals surface area (Å²) < 4.78 is 4.94. The van der Waals surface area contributed by atoms with Gasteiger partial charge in [-0.25, -0.2) is 0 Å². The first-order valence-electron chi connectivity index (χ1n) is 2.24. The van der Waals surface area contributed by atoms with Gasteiger partial charge in [-0.2, -0.15) is 0 Å². The van der Waals surface area contributed by atoms with Crippen LogP contribution < -0.4 is 10.9 Å². The average Bonchev–Trinajstić information content (AvgIpc) is 2.41. The molecule has 0 saturated heterocycles. The fourth-order valence-corrected chi connectivity index (χ4v) is 0.611. The summed E-state index contributed by atoms with van der Waals surface area (Å²) in [6.45, 7) is 0. The Hall–Kier alpha value is -0.730. The molecule has 9 heavy (non-hydrogen) atoms. The highest BCUT2D eigenvalue weighted by Crippen LogP contribution is 2.43. The molecule has 1 aliphatic heterocycles. The predicted molar refractivity (Wildman–Crippen MR) is 38.8 cm³/mol. The summed E-state index contributed by atoms with van der Waals surface area (Å²) in [5.74, 6) is 2.06. The first kappa shape index (κ1) is 8.27. The highest BCUT2D eigenvalue weighted by molar-refractivity contribution is 5.85. The van der Waals surface area contributed by atoms with Gasteiger partial charge in [-0.15, -0.1) is 12.4 Å². The van der Waals surface area contributed by atoms with Crippen LogP contribution in [0.5, 0.6) is 11.5 Å². The van der Waals surface area contributed by atoms with Crippen molar-refractivity contribution in [2.75, 3.05) is 0 Å². The van der Waals surface area contributed by atoms with Crippen LogP contribution in [0.15, 0.2) is 24.3 Å². The van der Waals surface area contributed by atoms with Gasteiger partial charge in [0.15, 0.2) is 11.5 Å². The number of para-hydroxylation sites is 2. The zero-order valence-electron chi connectivity index (χ0n) is 4.83. The van der Waals surface area contributed by atoms with Crippen molar-refractivity contribution < 1.29 is 4.74 Å². The summed E-state index contributed by atoms with van der Waals surface area (Å²) in [6.07, 6.45) is 0. The first-order valence-corrected chi connectivity index (χ1v) is 2.24. The van der Waals surface area contributed by atoms with Gasteiger partial charge in [-0.1, -0.05) is 12.1 Å². The Kier molecular flexibility index (Phi) is 2.49. The van der Waals surface area contributed by atoms with Crippen molar-refractivity contribution in [2.45, 2.75) is 0 Å². The number of halogens is 1. The van der Waals surface area contributed by atoms with Gasteiger partial charge in [0.05, 0.1) is 0 Å². The minimum atomic E-state index is 0. The molecule has 3 heteroatoms. The molecule has 0 aliphatic carbocycles. The Labute approximate surface area is 59.8 Å². The van der Waals surface area contributed by atoms with Crippen molar-refractivity contribution >= 4 is 12.4 Å². The molecular weight excluding hydrogens is 138 g/mol. The van der Waals surface area contributed by atoms with E-state index in [1.165, 1.54) is 0 Å². The Balaban J connectivity index is 0.000000320. The molecule has 2 rings (SSSR count). The van der Waals surface area contributed by atoms with Crippen LogP contribution in [0.25, 0.3) is 0 Å². The van der Waals surface area contributed by atoms with Crippen LogP contribution in [-0.4, -0.2) is 0 Å². The first-order chi connectivity index (χ1) is 3.47. The van der Waals surface area contributed by atoms with Gasteiger partial charge >= 0.3 is 0 Å². The molecule has 1 aromatic carbocycles. The van der Waals surface area contributed by atoms with E-state index in [9.17, 15) is 0 Å². The SMILES string of the molecule is Cl.N.c1ccc2c(c1)O2. The Morgan fingerprint density at radius 3 is 1.78 bits per heavy atom. The van der Waals surface area contributed by atoms with E-state index in [0.29, 0.717) is 0 Å². The molecule has 0 bridgehead atoms. The summed E-state index contributed by atoms with van der Waals surface area (Å²) >= 11 is 0. The number of ether oxygens (including phenoxy) is 1. The fourth-order valence-electron chi connectivity index (χ4n) is 0.611.